The molecule has 1 N–H and O–H groups in total. The van der Waals surface area contributed by atoms with Crippen LogP contribution >= 0.6 is 46.4 Å². The molecule has 2 heterocycles. The second-order valence-corrected chi connectivity index (χ2v) is 14.4. The Morgan fingerprint density at radius 3 is 1.52 bits per heavy atom. The zero-order chi connectivity index (χ0) is 31.7. The topological polar surface area (TPSA) is 79.3 Å². The average Bonchev–Trinajstić information content (AvgIpc) is 3.41. The van der Waals surface area contributed by atoms with Crippen molar-refractivity contribution in [3.63, 3.8) is 0 Å². The lowest BCUT2D eigenvalue weighted by molar-refractivity contribution is 0.0140. The number of nitrogens with zero attached hydrogens (tertiary/aromatic N) is 2. The number of β-amino-alcohol motifs (C(OH)–C–C–N with tert-alkyl or cyclic N) is 1. The van der Waals surface area contributed by atoms with Gasteiger partial charge in [-0.1, -0.05) is 46.4 Å². The fraction of sp³-hybridized carbons (Fsp3) is 0.533. The summed E-state index contributed by atoms with van der Waals surface area (Å²) < 4.78 is 25.7. The van der Waals surface area contributed by atoms with Gasteiger partial charge in [-0.05, 0) is 95.5 Å². The molecule has 42 heavy (non-hydrogen) atoms. The van der Waals surface area contributed by atoms with Gasteiger partial charge in [0.2, 0.25) is 0 Å². The molecular weight excluding hydrogens is 629 g/mol. The Balaban J connectivity index is 0.000000230. The van der Waals surface area contributed by atoms with Crippen LogP contribution in [0.3, 0.4) is 0 Å². The maximum atomic E-state index is 15.1. The first-order valence-corrected chi connectivity index (χ1v) is 15.0. The van der Waals surface area contributed by atoms with E-state index in [0.717, 1.165) is 0 Å². The minimum atomic E-state index is -1.65. The summed E-state index contributed by atoms with van der Waals surface area (Å²) in [6.07, 6.45) is -0.312. The number of carbonyl (C=O) groups is 2. The summed E-state index contributed by atoms with van der Waals surface area (Å²) in [7, 11) is 0. The van der Waals surface area contributed by atoms with E-state index >= 15 is 4.39 Å². The van der Waals surface area contributed by atoms with Gasteiger partial charge in [0, 0.05) is 39.6 Å². The lowest BCUT2D eigenvalue weighted by Crippen LogP contribution is -2.38. The molecular formula is C30H37Cl4FN2O5. The predicted molar refractivity (Wildman–Crippen MR) is 164 cm³/mol. The summed E-state index contributed by atoms with van der Waals surface area (Å²) in [5.74, 6) is 0. The van der Waals surface area contributed by atoms with Crippen LogP contribution in [0.5, 0.6) is 0 Å². The van der Waals surface area contributed by atoms with Gasteiger partial charge in [-0.3, -0.25) is 0 Å². The summed E-state index contributed by atoms with van der Waals surface area (Å²) in [6, 6.07) is 9.60. The molecule has 0 radical (unpaired) electrons. The molecule has 12 heteroatoms. The Labute approximate surface area is 266 Å². The zero-order valence-electron chi connectivity index (χ0n) is 24.6. The number of halogens is 5. The molecule has 2 atom stereocenters. The first-order valence-electron chi connectivity index (χ1n) is 13.5. The predicted octanol–water partition coefficient (Wildman–Crippen LogP) is 8.62. The van der Waals surface area contributed by atoms with E-state index in [1.807, 2.05) is 20.8 Å². The third-order valence-electron chi connectivity index (χ3n) is 6.55. The van der Waals surface area contributed by atoms with Crippen LogP contribution in [0, 0.1) is 0 Å². The molecule has 2 aromatic rings. The number of ether oxygens (including phenoxy) is 2. The highest BCUT2D eigenvalue weighted by molar-refractivity contribution is 6.35. The van der Waals surface area contributed by atoms with Gasteiger partial charge in [-0.25, -0.2) is 14.0 Å². The highest BCUT2D eigenvalue weighted by atomic mass is 35.5. The smallest absolute Gasteiger partial charge is 0.410 e. The molecule has 2 aliphatic heterocycles. The average molecular weight is 666 g/mol. The number of aliphatic hydroxyl groups is 1. The van der Waals surface area contributed by atoms with Crippen molar-refractivity contribution in [2.24, 2.45) is 0 Å². The van der Waals surface area contributed by atoms with Gasteiger partial charge >= 0.3 is 12.2 Å². The molecule has 2 unspecified atom stereocenters. The Morgan fingerprint density at radius 1 is 0.714 bits per heavy atom. The molecule has 2 aromatic carbocycles. The number of carbonyl (C=O) groups excluding carboxylic acids is 2. The van der Waals surface area contributed by atoms with E-state index in [-0.39, 0.29) is 19.5 Å². The molecule has 232 valence electrons. The Morgan fingerprint density at radius 2 is 1.10 bits per heavy atom. The van der Waals surface area contributed by atoms with Crippen LogP contribution in [0.15, 0.2) is 36.4 Å². The maximum absolute atomic E-state index is 15.1. The van der Waals surface area contributed by atoms with Gasteiger partial charge in [0.05, 0.1) is 13.1 Å². The number of alkyl halides is 1. The molecule has 4 rings (SSSR count). The van der Waals surface area contributed by atoms with E-state index < -0.39 is 34.7 Å². The van der Waals surface area contributed by atoms with Crippen LogP contribution in [0.1, 0.15) is 65.5 Å². The van der Waals surface area contributed by atoms with Crippen LogP contribution in [0.25, 0.3) is 0 Å². The van der Waals surface area contributed by atoms with Gasteiger partial charge in [0.25, 0.3) is 0 Å². The lowest BCUT2D eigenvalue weighted by atomic mass is 9.93. The SMILES string of the molecule is CC(C)(C)OC(=O)N1CCC(F)(c2cc(Cl)cc(Cl)c2)C1.CC(C)(C)OC(=O)N1CCC(O)(c2cc(Cl)cc(Cl)c2)C1. The highest BCUT2D eigenvalue weighted by Gasteiger charge is 2.43. The Bertz CT molecular complexity index is 1180. The minimum absolute atomic E-state index is 0.0570. The number of hydrogen-bond donors (Lipinski definition) is 1. The van der Waals surface area contributed by atoms with Crippen LogP contribution < -0.4 is 0 Å². The van der Waals surface area contributed by atoms with Crippen molar-refractivity contribution in [1.82, 2.24) is 9.80 Å². The van der Waals surface area contributed by atoms with Gasteiger partial charge in [0.1, 0.15) is 16.8 Å². The van der Waals surface area contributed by atoms with E-state index in [2.05, 4.69) is 0 Å². The number of likely N-dealkylation sites (tertiary alicyclic amines) is 2. The van der Waals surface area contributed by atoms with Crippen molar-refractivity contribution in [3.05, 3.63) is 67.6 Å². The molecule has 2 fully saturated rings. The standard InChI is InChI=1S/C15H18Cl2FNO2.C15H19Cl2NO3/c1-14(2,3)21-13(20)19-5-4-15(18,9-19)10-6-11(16)8-12(17)7-10;1-14(2,3)21-13(19)18-5-4-15(20,9-18)10-6-11(16)8-12(17)7-10/h6-8H,4-5,9H2,1-3H3;6-8,20H,4-5,9H2,1-3H3. The van der Waals surface area contributed by atoms with E-state index in [0.29, 0.717) is 50.7 Å². The molecule has 2 amide bonds. The highest BCUT2D eigenvalue weighted by Crippen LogP contribution is 2.39. The number of hydrogen-bond acceptors (Lipinski definition) is 5. The van der Waals surface area contributed by atoms with Crippen molar-refractivity contribution in [2.45, 2.75) is 76.9 Å². The summed E-state index contributed by atoms with van der Waals surface area (Å²) >= 11 is 23.8. The van der Waals surface area contributed by atoms with Gasteiger partial charge in [-0.15, -0.1) is 0 Å². The number of rotatable bonds is 2. The van der Waals surface area contributed by atoms with Crippen LogP contribution in [0.2, 0.25) is 20.1 Å². The van der Waals surface area contributed by atoms with Crippen LogP contribution in [-0.2, 0) is 20.7 Å². The maximum Gasteiger partial charge on any atom is 0.410 e. The monoisotopic (exact) mass is 664 g/mol. The summed E-state index contributed by atoms with van der Waals surface area (Å²) in [6.45, 7) is 11.6. The lowest BCUT2D eigenvalue weighted by Gasteiger charge is -2.26. The fourth-order valence-electron chi connectivity index (χ4n) is 4.64. The molecule has 0 saturated carbocycles. The van der Waals surface area contributed by atoms with Crippen LogP contribution in [0.4, 0.5) is 14.0 Å². The van der Waals surface area contributed by atoms with E-state index in [1.54, 1.807) is 57.2 Å². The normalized spacial score (nSPS) is 22.5. The third-order valence-corrected chi connectivity index (χ3v) is 7.42. The first-order chi connectivity index (χ1) is 19.2. The second kappa shape index (κ2) is 12.9. The zero-order valence-corrected chi connectivity index (χ0v) is 27.6. The van der Waals surface area contributed by atoms with Crippen molar-refractivity contribution >= 4 is 58.6 Å². The molecule has 0 bridgehead atoms. The van der Waals surface area contributed by atoms with Crippen LogP contribution in [-0.4, -0.2) is 64.5 Å². The molecule has 0 spiro atoms. The number of amides is 2. The Hall–Kier alpha value is -1.97. The molecule has 0 aromatic heterocycles. The molecule has 2 aliphatic rings. The number of benzene rings is 2. The first kappa shape index (κ1) is 34.5. The van der Waals surface area contributed by atoms with Crippen molar-refractivity contribution in [3.8, 4) is 0 Å². The van der Waals surface area contributed by atoms with E-state index in [9.17, 15) is 14.7 Å². The molecule has 7 nitrogen and oxygen atoms in total. The van der Waals surface area contributed by atoms with Gasteiger partial charge < -0.3 is 24.4 Å². The molecule has 0 aliphatic carbocycles. The molecule has 2 saturated heterocycles. The largest absolute Gasteiger partial charge is 0.444 e. The Kier molecular flexibility index (Phi) is 10.6. The van der Waals surface area contributed by atoms with Crippen molar-refractivity contribution in [2.75, 3.05) is 26.2 Å². The second-order valence-electron chi connectivity index (χ2n) is 12.6. The third kappa shape index (κ3) is 9.52. The summed E-state index contributed by atoms with van der Waals surface area (Å²) in [4.78, 5) is 26.9. The quantitative estimate of drug-likeness (QED) is 0.347. The van der Waals surface area contributed by atoms with E-state index in [4.69, 9.17) is 55.9 Å². The fourth-order valence-corrected chi connectivity index (χ4v) is 5.69. The van der Waals surface area contributed by atoms with Gasteiger partial charge in [0.15, 0.2) is 5.67 Å². The van der Waals surface area contributed by atoms with Crippen molar-refractivity contribution in [1.29, 1.82) is 0 Å². The van der Waals surface area contributed by atoms with Gasteiger partial charge in [-0.2, -0.15) is 0 Å². The van der Waals surface area contributed by atoms with E-state index in [1.165, 1.54) is 9.80 Å². The summed E-state index contributed by atoms with van der Waals surface area (Å²) in [5.41, 5.74) is -2.94. The summed E-state index contributed by atoms with van der Waals surface area (Å²) in [5, 5.41) is 12.4. The minimum Gasteiger partial charge on any atom is -0.444 e. The van der Waals surface area contributed by atoms with Crippen molar-refractivity contribution < 1.29 is 28.6 Å².